The predicted octanol–water partition coefficient (Wildman–Crippen LogP) is 2.73. The molecule has 11 heteroatoms. The first-order valence-corrected chi connectivity index (χ1v) is 12.5. The van der Waals surface area contributed by atoms with Crippen molar-refractivity contribution in [1.29, 1.82) is 0 Å². The molecule has 1 saturated heterocycles. The third-order valence-corrected chi connectivity index (χ3v) is 6.21. The highest BCUT2D eigenvalue weighted by atomic mass is 16.6. The molecule has 0 atom stereocenters. The lowest BCUT2D eigenvalue weighted by molar-refractivity contribution is 0.0203. The van der Waals surface area contributed by atoms with Gasteiger partial charge in [0.05, 0.1) is 12.3 Å². The van der Waals surface area contributed by atoms with E-state index in [1.165, 1.54) is 0 Å². The van der Waals surface area contributed by atoms with Crippen LogP contribution >= 0.6 is 0 Å². The van der Waals surface area contributed by atoms with Crippen LogP contribution in [0.1, 0.15) is 39.2 Å². The van der Waals surface area contributed by atoms with E-state index in [4.69, 9.17) is 26.1 Å². The van der Waals surface area contributed by atoms with Crippen LogP contribution in [-0.4, -0.2) is 73.9 Å². The van der Waals surface area contributed by atoms with E-state index >= 15 is 0 Å². The molecule has 0 unspecified atom stereocenters. The van der Waals surface area contributed by atoms with Crippen molar-refractivity contribution in [2.75, 3.05) is 50.6 Å². The summed E-state index contributed by atoms with van der Waals surface area (Å²) in [6.07, 6.45) is 1.32. The summed E-state index contributed by atoms with van der Waals surface area (Å²) in [6.45, 7) is 8.08. The predicted molar refractivity (Wildman–Crippen MR) is 147 cm³/mol. The molecule has 0 aliphatic carbocycles. The van der Waals surface area contributed by atoms with E-state index in [1.807, 2.05) is 64.2 Å². The third-order valence-electron chi connectivity index (χ3n) is 6.21. The lowest BCUT2D eigenvalue weighted by Crippen LogP contribution is -2.49. The zero-order valence-corrected chi connectivity index (χ0v) is 22.5. The highest BCUT2D eigenvalue weighted by Crippen LogP contribution is 2.31. The van der Waals surface area contributed by atoms with Crippen molar-refractivity contribution in [2.45, 2.75) is 45.3 Å². The van der Waals surface area contributed by atoms with Crippen LogP contribution in [0, 0.1) is 0 Å². The minimum Gasteiger partial charge on any atom is -0.444 e. The van der Waals surface area contributed by atoms with Gasteiger partial charge in [0.15, 0.2) is 5.84 Å². The van der Waals surface area contributed by atoms with Gasteiger partial charge >= 0.3 is 6.09 Å². The second-order valence-electron chi connectivity index (χ2n) is 9.90. The Bertz CT molecular complexity index is 1080. The first kappa shape index (κ1) is 28.0. The summed E-state index contributed by atoms with van der Waals surface area (Å²) in [5.41, 5.74) is 5.30. The minimum absolute atomic E-state index is 0.184. The molecule has 1 aliphatic heterocycles. The number of ether oxygens (including phenoxy) is 2. The maximum atomic E-state index is 12.6. The Morgan fingerprint density at radius 2 is 1.95 bits per heavy atom. The Morgan fingerprint density at radius 1 is 1.24 bits per heavy atom. The summed E-state index contributed by atoms with van der Waals surface area (Å²) in [5, 5.41) is 7.04. The average Bonchev–Trinajstić information content (AvgIpc) is 2.89. The Labute approximate surface area is 219 Å². The molecule has 6 N–H and O–H groups in total. The molecule has 37 heavy (non-hydrogen) atoms. The average molecular weight is 513 g/mol. The van der Waals surface area contributed by atoms with Crippen molar-refractivity contribution in [2.24, 2.45) is 16.8 Å². The number of piperidine rings is 1. The van der Waals surface area contributed by atoms with Crippen molar-refractivity contribution < 1.29 is 14.3 Å². The Hall–Kier alpha value is -3.57. The highest BCUT2D eigenvalue weighted by molar-refractivity contribution is 6.03. The monoisotopic (exact) mass is 512 g/mol. The number of methoxy groups -OCH3 is 1. The lowest BCUT2D eigenvalue weighted by atomic mass is 10.0. The molecule has 2 aromatic rings. The molecule has 11 nitrogen and oxygen atoms in total. The Morgan fingerprint density at radius 3 is 2.54 bits per heavy atom. The Kier molecular flexibility index (Phi) is 9.54. The number of hydrazine groups is 1. The number of nitrogens with one attached hydrogen (secondary N) is 2. The molecule has 1 amide bonds. The molecule has 0 saturated carbocycles. The van der Waals surface area contributed by atoms with Crippen LogP contribution in [0.25, 0.3) is 11.3 Å². The molecule has 1 aromatic carbocycles. The molecule has 202 valence electrons. The zero-order valence-electron chi connectivity index (χ0n) is 22.5. The summed E-state index contributed by atoms with van der Waals surface area (Å²) in [4.78, 5) is 21.7. The molecular formula is C26H40N8O3. The number of carbonyl (C=O) groups excluding carboxylic acids is 1. The number of likely N-dealkylation sites (tertiary alicyclic amines) is 1. The summed E-state index contributed by atoms with van der Waals surface area (Å²) < 4.78 is 11.0. The maximum Gasteiger partial charge on any atom is 0.410 e. The number of benzene rings is 1. The largest absolute Gasteiger partial charge is 0.444 e. The van der Waals surface area contributed by atoms with Crippen molar-refractivity contribution in [1.82, 2.24) is 15.3 Å². The molecular weight excluding hydrogens is 472 g/mol. The molecule has 0 spiro atoms. The van der Waals surface area contributed by atoms with E-state index in [9.17, 15) is 4.79 Å². The SMILES string of the molecule is CNc1cc(-c2ccccc2/C(=N/N)NN)nc(N(CCOC)C2CCN(C(=O)OC(C)(C)C)CC2)c1. The van der Waals surface area contributed by atoms with Crippen molar-refractivity contribution >= 4 is 23.4 Å². The smallest absolute Gasteiger partial charge is 0.410 e. The van der Waals surface area contributed by atoms with Gasteiger partial charge in [-0.2, -0.15) is 5.10 Å². The van der Waals surface area contributed by atoms with Gasteiger partial charge in [-0.05, 0) is 39.7 Å². The van der Waals surface area contributed by atoms with Gasteiger partial charge in [-0.3, -0.25) is 0 Å². The quantitative estimate of drug-likeness (QED) is 0.182. The Balaban J connectivity index is 1.93. The van der Waals surface area contributed by atoms with Gasteiger partial charge < -0.3 is 35.9 Å². The number of nitrogens with two attached hydrogens (primary N) is 2. The molecule has 3 rings (SSSR count). The summed E-state index contributed by atoms with van der Waals surface area (Å²) in [6, 6.07) is 11.9. The molecule has 2 heterocycles. The number of pyridine rings is 1. The fraction of sp³-hybridized carbons (Fsp3) is 0.500. The maximum absolute atomic E-state index is 12.6. The van der Waals surface area contributed by atoms with Crippen LogP contribution < -0.4 is 27.3 Å². The van der Waals surface area contributed by atoms with Gasteiger partial charge in [0.2, 0.25) is 0 Å². The standard InChI is InChI=1S/C26H40N8O3/c1-26(2,3)37-25(35)33-12-10-19(11-13-33)34(14-15-36-5)23-17-18(29-4)16-22(30-23)20-8-6-7-9-21(20)24(31-27)32-28/h6-9,16-17,19H,10-15,27-28H2,1-5H3,(H,29,30)(H,31,32). The number of carbonyl (C=O) groups is 1. The summed E-state index contributed by atoms with van der Waals surface area (Å²) in [7, 11) is 3.57. The third kappa shape index (κ3) is 7.23. The lowest BCUT2D eigenvalue weighted by Gasteiger charge is -2.39. The van der Waals surface area contributed by atoms with E-state index < -0.39 is 5.60 Å². The van der Waals surface area contributed by atoms with Crippen molar-refractivity contribution in [3.63, 3.8) is 0 Å². The molecule has 0 radical (unpaired) electrons. The van der Waals surface area contributed by atoms with Crippen LogP contribution in [0.3, 0.4) is 0 Å². The van der Waals surface area contributed by atoms with Gasteiger partial charge in [-0.25, -0.2) is 15.6 Å². The number of amides is 1. The van der Waals surface area contributed by atoms with Crippen molar-refractivity contribution in [3.8, 4) is 11.3 Å². The van der Waals surface area contributed by atoms with Gasteiger partial charge in [-0.1, -0.05) is 24.3 Å². The number of rotatable bonds is 8. The van der Waals surface area contributed by atoms with Gasteiger partial charge in [-0.15, -0.1) is 0 Å². The number of anilines is 2. The van der Waals surface area contributed by atoms with Crippen LogP contribution in [-0.2, 0) is 9.47 Å². The van der Waals surface area contributed by atoms with E-state index in [-0.39, 0.29) is 12.1 Å². The highest BCUT2D eigenvalue weighted by Gasteiger charge is 2.30. The normalized spacial score (nSPS) is 14.9. The number of amidine groups is 1. The van der Waals surface area contributed by atoms with Crippen LogP contribution in [0.2, 0.25) is 0 Å². The van der Waals surface area contributed by atoms with Crippen molar-refractivity contribution in [3.05, 3.63) is 42.0 Å². The van der Waals surface area contributed by atoms with Gasteiger partial charge in [0.1, 0.15) is 11.4 Å². The number of aromatic nitrogens is 1. The molecule has 1 aliphatic rings. The van der Waals surface area contributed by atoms with E-state index in [2.05, 4.69) is 20.7 Å². The second-order valence-corrected chi connectivity index (χ2v) is 9.90. The van der Waals surface area contributed by atoms with Gasteiger partial charge in [0.25, 0.3) is 0 Å². The number of hydrazone groups is 1. The van der Waals surface area contributed by atoms with Gasteiger partial charge in [0, 0.05) is 62.7 Å². The van der Waals surface area contributed by atoms with Crippen LogP contribution in [0.4, 0.5) is 16.3 Å². The number of hydrogen-bond donors (Lipinski definition) is 4. The fourth-order valence-electron chi connectivity index (χ4n) is 4.40. The first-order chi connectivity index (χ1) is 17.7. The number of hydrogen-bond acceptors (Lipinski definition) is 9. The van der Waals surface area contributed by atoms with E-state index in [1.54, 1.807) is 12.0 Å². The van der Waals surface area contributed by atoms with Crippen LogP contribution in [0.5, 0.6) is 0 Å². The first-order valence-electron chi connectivity index (χ1n) is 12.5. The second kappa shape index (κ2) is 12.6. The zero-order chi connectivity index (χ0) is 27.0. The summed E-state index contributed by atoms with van der Waals surface area (Å²) in [5.74, 6) is 12.4. The minimum atomic E-state index is -0.517. The van der Waals surface area contributed by atoms with E-state index in [0.29, 0.717) is 32.1 Å². The number of nitrogens with zero attached hydrogens (tertiary/aromatic N) is 4. The van der Waals surface area contributed by atoms with E-state index in [0.717, 1.165) is 41.2 Å². The van der Waals surface area contributed by atoms with Crippen LogP contribution in [0.15, 0.2) is 41.5 Å². The fourth-order valence-corrected chi connectivity index (χ4v) is 4.40. The summed E-state index contributed by atoms with van der Waals surface area (Å²) >= 11 is 0. The topological polar surface area (TPSA) is 143 Å². The molecule has 0 bridgehead atoms. The molecule has 1 aromatic heterocycles. The molecule has 1 fully saturated rings.